The highest BCUT2D eigenvalue weighted by Gasteiger charge is 2.48. The summed E-state index contributed by atoms with van der Waals surface area (Å²) < 4.78 is 28.4. The Bertz CT molecular complexity index is 373. The maximum absolute atomic E-state index is 12.1. The summed E-state index contributed by atoms with van der Waals surface area (Å²) in [6, 6.07) is 6.60. The fourth-order valence-electron chi connectivity index (χ4n) is 2.06. The molecule has 1 aliphatic carbocycles. The van der Waals surface area contributed by atoms with E-state index in [0.717, 1.165) is 18.4 Å². The van der Waals surface area contributed by atoms with Gasteiger partial charge in [-0.2, -0.15) is 8.78 Å². The zero-order chi connectivity index (χ0) is 11.8. The molecule has 0 saturated heterocycles. The van der Waals surface area contributed by atoms with Gasteiger partial charge in [0.25, 0.3) is 0 Å². The van der Waals surface area contributed by atoms with Crippen molar-refractivity contribution in [3.05, 3.63) is 29.8 Å². The molecule has 1 N–H and O–H groups in total. The Labute approximate surface area is 92.9 Å². The number of aliphatic hydroxyl groups is 1. The summed E-state index contributed by atoms with van der Waals surface area (Å²) in [6.07, 6.45) is 1.32. The van der Waals surface area contributed by atoms with E-state index in [-0.39, 0.29) is 11.2 Å². The van der Waals surface area contributed by atoms with Crippen LogP contribution in [0.25, 0.3) is 0 Å². The molecule has 0 aliphatic heterocycles. The summed E-state index contributed by atoms with van der Waals surface area (Å²) >= 11 is 0. The number of hydrogen-bond donors (Lipinski definition) is 1. The van der Waals surface area contributed by atoms with Crippen molar-refractivity contribution in [1.29, 1.82) is 0 Å². The van der Waals surface area contributed by atoms with E-state index < -0.39 is 12.7 Å². The zero-order valence-corrected chi connectivity index (χ0v) is 8.99. The van der Waals surface area contributed by atoms with Gasteiger partial charge >= 0.3 is 6.61 Å². The van der Waals surface area contributed by atoms with Crippen LogP contribution in [0, 0.1) is 0 Å². The predicted molar refractivity (Wildman–Crippen MR) is 55.7 cm³/mol. The van der Waals surface area contributed by atoms with E-state index in [2.05, 4.69) is 4.74 Å². The fraction of sp³-hybridized carbons (Fsp3) is 0.500. The van der Waals surface area contributed by atoms with Gasteiger partial charge in [-0.1, -0.05) is 12.1 Å². The van der Waals surface area contributed by atoms with Crippen molar-refractivity contribution < 1.29 is 18.6 Å². The molecule has 1 aromatic carbocycles. The average Bonchev–Trinajstić information content (AvgIpc) is 2.97. The van der Waals surface area contributed by atoms with Gasteiger partial charge in [0.2, 0.25) is 0 Å². The number of alkyl halides is 2. The van der Waals surface area contributed by atoms with E-state index >= 15 is 0 Å². The molecular weight excluding hydrogens is 214 g/mol. The van der Waals surface area contributed by atoms with Crippen LogP contribution in [0.4, 0.5) is 8.78 Å². The minimum Gasteiger partial charge on any atom is -0.435 e. The summed E-state index contributed by atoms with van der Waals surface area (Å²) in [5.41, 5.74) is 0.627. The number of rotatable bonds is 4. The van der Waals surface area contributed by atoms with Crippen molar-refractivity contribution in [1.82, 2.24) is 0 Å². The number of aliphatic hydroxyl groups excluding tert-OH is 1. The van der Waals surface area contributed by atoms with E-state index in [1.807, 2.05) is 6.07 Å². The van der Waals surface area contributed by atoms with Crippen molar-refractivity contribution in [2.45, 2.75) is 37.9 Å². The van der Waals surface area contributed by atoms with E-state index in [4.69, 9.17) is 0 Å². The Hall–Kier alpha value is -1.16. The molecule has 1 aliphatic rings. The van der Waals surface area contributed by atoms with Gasteiger partial charge in [-0.15, -0.1) is 0 Å². The van der Waals surface area contributed by atoms with Gasteiger partial charge in [0.1, 0.15) is 5.75 Å². The van der Waals surface area contributed by atoms with Gasteiger partial charge in [0, 0.05) is 5.41 Å². The lowest BCUT2D eigenvalue weighted by atomic mass is 9.91. The molecule has 0 bridgehead atoms. The zero-order valence-electron chi connectivity index (χ0n) is 8.99. The standard InChI is InChI=1S/C12H14F2O2/c1-8(15)12(5-6-12)9-3-2-4-10(7-9)16-11(13)14/h2-4,7-8,11,15H,5-6H2,1H3. The van der Waals surface area contributed by atoms with Gasteiger partial charge < -0.3 is 9.84 Å². The lowest BCUT2D eigenvalue weighted by Crippen LogP contribution is -2.22. The molecule has 0 amide bonds. The molecule has 1 atom stereocenters. The summed E-state index contributed by atoms with van der Waals surface area (Å²) in [4.78, 5) is 0. The van der Waals surface area contributed by atoms with Crippen LogP contribution >= 0.6 is 0 Å². The highest BCUT2D eigenvalue weighted by atomic mass is 19.3. The largest absolute Gasteiger partial charge is 0.435 e. The highest BCUT2D eigenvalue weighted by molar-refractivity contribution is 5.38. The van der Waals surface area contributed by atoms with Crippen molar-refractivity contribution in [3.63, 3.8) is 0 Å². The van der Waals surface area contributed by atoms with Crippen LogP contribution in [-0.4, -0.2) is 17.8 Å². The molecule has 1 unspecified atom stereocenters. The van der Waals surface area contributed by atoms with Gasteiger partial charge in [-0.05, 0) is 37.5 Å². The lowest BCUT2D eigenvalue weighted by Gasteiger charge is -2.19. The molecule has 2 rings (SSSR count). The Balaban J connectivity index is 2.23. The van der Waals surface area contributed by atoms with Crippen LogP contribution in [-0.2, 0) is 5.41 Å². The Kier molecular flexibility index (Phi) is 2.84. The minimum atomic E-state index is -2.81. The number of ether oxygens (including phenoxy) is 1. The molecule has 1 saturated carbocycles. The summed E-state index contributed by atoms with van der Waals surface area (Å²) in [5.74, 6) is 0.152. The summed E-state index contributed by atoms with van der Waals surface area (Å²) in [7, 11) is 0. The molecule has 4 heteroatoms. The van der Waals surface area contributed by atoms with Gasteiger partial charge in [-0.3, -0.25) is 0 Å². The molecule has 1 aromatic rings. The molecule has 0 aromatic heterocycles. The Morgan fingerprint density at radius 1 is 1.38 bits per heavy atom. The summed E-state index contributed by atoms with van der Waals surface area (Å²) in [6.45, 7) is -1.08. The van der Waals surface area contributed by atoms with Crippen LogP contribution in [0.3, 0.4) is 0 Å². The smallest absolute Gasteiger partial charge is 0.387 e. The second-order valence-corrected chi connectivity index (χ2v) is 4.24. The normalized spacial score (nSPS) is 19.6. The van der Waals surface area contributed by atoms with Gasteiger partial charge in [-0.25, -0.2) is 0 Å². The van der Waals surface area contributed by atoms with Crippen LogP contribution in [0.15, 0.2) is 24.3 Å². The Morgan fingerprint density at radius 3 is 2.56 bits per heavy atom. The molecular formula is C12H14F2O2. The van der Waals surface area contributed by atoms with E-state index in [1.54, 1.807) is 19.1 Å². The van der Waals surface area contributed by atoms with Gasteiger partial charge in [0.05, 0.1) is 6.10 Å². The third-order valence-electron chi connectivity index (χ3n) is 3.22. The summed E-state index contributed by atoms with van der Waals surface area (Å²) in [5, 5.41) is 9.68. The molecule has 0 heterocycles. The van der Waals surface area contributed by atoms with Crippen LogP contribution in [0.5, 0.6) is 5.75 Å². The van der Waals surface area contributed by atoms with E-state index in [0.29, 0.717) is 0 Å². The maximum Gasteiger partial charge on any atom is 0.387 e. The molecule has 0 spiro atoms. The first kappa shape index (κ1) is 11.3. The second-order valence-electron chi connectivity index (χ2n) is 4.24. The van der Waals surface area contributed by atoms with E-state index in [9.17, 15) is 13.9 Å². The first-order chi connectivity index (χ1) is 7.54. The molecule has 88 valence electrons. The number of hydrogen-bond acceptors (Lipinski definition) is 2. The van der Waals surface area contributed by atoms with Crippen LogP contribution in [0.2, 0.25) is 0 Å². The first-order valence-electron chi connectivity index (χ1n) is 5.28. The van der Waals surface area contributed by atoms with Crippen molar-refractivity contribution in [3.8, 4) is 5.75 Å². The molecule has 1 fully saturated rings. The number of benzene rings is 1. The van der Waals surface area contributed by atoms with Crippen LogP contribution in [0.1, 0.15) is 25.3 Å². The van der Waals surface area contributed by atoms with Crippen molar-refractivity contribution in [2.75, 3.05) is 0 Å². The quantitative estimate of drug-likeness (QED) is 0.858. The maximum atomic E-state index is 12.1. The lowest BCUT2D eigenvalue weighted by molar-refractivity contribution is -0.0499. The predicted octanol–water partition coefficient (Wildman–Crippen LogP) is 2.70. The molecule has 0 radical (unpaired) electrons. The van der Waals surface area contributed by atoms with Crippen LogP contribution < -0.4 is 4.74 Å². The fourth-order valence-corrected chi connectivity index (χ4v) is 2.06. The molecule has 16 heavy (non-hydrogen) atoms. The number of halogens is 2. The highest BCUT2D eigenvalue weighted by Crippen LogP contribution is 2.51. The van der Waals surface area contributed by atoms with Crippen molar-refractivity contribution in [2.24, 2.45) is 0 Å². The third kappa shape index (κ3) is 2.02. The van der Waals surface area contributed by atoms with Crippen molar-refractivity contribution >= 4 is 0 Å². The topological polar surface area (TPSA) is 29.5 Å². The Morgan fingerprint density at radius 2 is 2.06 bits per heavy atom. The van der Waals surface area contributed by atoms with Gasteiger partial charge in [0.15, 0.2) is 0 Å². The molecule has 2 nitrogen and oxygen atoms in total. The average molecular weight is 228 g/mol. The third-order valence-corrected chi connectivity index (χ3v) is 3.22. The van der Waals surface area contributed by atoms with E-state index in [1.165, 1.54) is 6.07 Å². The monoisotopic (exact) mass is 228 g/mol. The first-order valence-corrected chi connectivity index (χ1v) is 5.28. The second kappa shape index (κ2) is 4.01. The SMILES string of the molecule is CC(O)C1(c2cccc(OC(F)F)c2)CC1. The minimum absolute atomic E-state index is 0.152.